The van der Waals surface area contributed by atoms with E-state index in [4.69, 9.17) is 0 Å². The average molecular weight is 235 g/mol. The van der Waals surface area contributed by atoms with Gasteiger partial charge in [0.2, 0.25) is 5.91 Å². The molecule has 1 aliphatic heterocycles. The Balaban J connectivity index is 1.91. The predicted octanol–water partition coefficient (Wildman–Crippen LogP) is -0.0184. The van der Waals surface area contributed by atoms with E-state index in [1.54, 1.807) is 12.4 Å². The highest BCUT2D eigenvalue weighted by Gasteiger charge is 2.28. The number of rotatable bonds is 3. The maximum absolute atomic E-state index is 11.9. The van der Waals surface area contributed by atoms with Gasteiger partial charge in [0.1, 0.15) is 0 Å². The van der Waals surface area contributed by atoms with Crippen molar-refractivity contribution in [3.63, 3.8) is 0 Å². The van der Waals surface area contributed by atoms with Gasteiger partial charge in [-0.05, 0) is 31.0 Å². The molecule has 5 nitrogen and oxygen atoms in total. The van der Waals surface area contributed by atoms with Crippen LogP contribution in [0.4, 0.5) is 0 Å². The van der Waals surface area contributed by atoms with Crippen LogP contribution in [0.2, 0.25) is 0 Å². The Morgan fingerprint density at radius 2 is 2.29 bits per heavy atom. The van der Waals surface area contributed by atoms with Gasteiger partial charge in [0.05, 0.1) is 18.2 Å². The van der Waals surface area contributed by atoms with Crippen LogP contribution in [-0.4, -0.2) is 34.7 Å². The van der Waals surface area contributed by atoms with E-state index in [1.165, 1.54) is 0 Å². The summed E-state index contributed by atoms with van der Waals surface area (Å²) >= 11 is 0. The normalized spacial score (nSPS) is 25.5. The lowest BCUT2D eigenvalue weighted by molar-refractivity contribution is -0.123. The van der Waals surface area contributed by atoms with Gasteiger partial charge in [0.25, 0.3) is 0 Å². The first kappa shape index (κ1) is 12.0. The van der Waals surface area contributed by atoms with E-state index < -0.39 is 6.10 Å². The standard InChI is InChI=1S/C12H17N3O2/c1-8(9-2-4-13-5-3-9)15-12(17)11-6-10(16)7-14-11/h2-5,8,10-11,14,16H,6-7H2,1H3,(H,15,17)/t8-,10?,11?/m1/s1. The number of pyridine rings is 1. The van der Waals surface area contributed by atoms with Crippen LogP contribution >= 0.6 is 0 Å². The van der Waals surface area contributed by atoms with Crippen LogP contribution < -0.4 is 10.6 Å². The predicted molar refractivity (Wildman–Crippen MR) is 63.2 cm³/mol. The molecule has 1 saturated heterocycles. The van der Waals surface area contributed by atoms with Crippen molar-refractivity contribution >= 4 is 5.91 Å². The Morgan fingerprint density at radius 3 is 2.88 bits per heavy atom. The number of aliphatic hydroxyl groups excluding tert-OH is 1. The molecule has 0 spiro atoms. The third kappa shape index (κ3) is 3.01. The van der Waals surface area contributed by atoms with Crippen molar-refractivity contribution in [2.24, 2.45) is 0 Å². The van der Waals surface area contributed by atoms with Crippen molar-refractivity contribution in [3.05, 3.63) is 30.1 Å². The molecule has 0 aromatic carbocycles. The number of nitrogens with zero attached hydrogens (tertiary/aromatic N) is 1. The van der Waals surface area contributed by atoms with E-state index in [0.717, 1.165) is 5.56 Å². The van der Waals surface area contributed by atoms with Gasteiger partial charge in [-0.2, -0.15) is 0 Å². The molecule has 92 valence electrons. The fourth-order valence-electron chi connectivity index (χ4n) is 1.97. The summed E-state index contributed by atoms with van der Waals surface area (Å²) in [6.07, 6.45) is 3.47. The van der Waals surface area contributed by atoms with Gasteiger partial charge in [0, 0.05) is 18.9 Å². The fraction of sp³-hybridized carbons (Fsp3) is 0.500. The summed E-state index contributed by atoms with van der Waals surface area (Å²) in [5.41, 5.74) is 1.02. The van der Waals surface area contributed by atoms with E-state index in [1.807, 2.05) is 19.1 Å². The van der Waals surface area contributed by atoms with Crippen LogP contribution in [0, 0.1) is 0 Å². The number of nitrogens with one attached hydrogen (secondary N) is 2. The molecule has 1 aromatic rings. The number of β-amino-alcohol motifs (C(OH)–C–C–N with tert-alkyl or cyclic N) is 1. The van der Waals surface area contributed by atoms with Crippen molar-refractivity contribution in [2.75, 3.05) is 6.54 Å². The molecule has 2 heterocycles. The zero-order chi connectivity index (χ0) is 12.3. The Hall–Kier alpha value is -1.46. The summed E-state index contributed by atoms with van der Waals surface area (Å²) in [6, 6.07) is 3.42. The highest BCUT2D eigenvalue weighted by Crippen LogP contribution is 2.12. The summed E-state index contributed by atoms with van der Waals surface area (Å²) in [4.78, 5) is 15.8. The summed E-state index contributed by atoms with van der Waals surface area (Å²) < 4.78 is 0. The maximum Gasteiger partial charge on any atom is 0.237 e. The van der Waals surface area contributed by atoms with Crippen molar-refractivity contribution in [1.82, 2.24) is 15.6 Å². The lowest BCUT2D eigenvalue weighted by Crippen LogP contribution is -2.41. The van der Waals surface area contributed by atoms with Gasteiger partial charge in [-0.15, -0.1) is 0 Å². The summed E-state index contributed by atoms with van der Waals surface area (Å²) in [5.74, 6) is -0.0640. The third-order valence-electron chi connectivity index (χ3n) is 2.99. The first-order valence-electron chi connectivity index (χ1n) is 5.78. The third-order valence-corrected chi connectivity index (χ3v) is 2.99. The lowest BCUT2D eigenvalue weighted by Gasteiger charge is -2.17. The minimum Gasteiger partial charge on any atom is -0.392 e. The molecule has 2 unspecified atom stereocenters. The van der Waals surface area contributed by atoms with Crippen molar-refractivity contribution < 1.29 is 9.90 Å². The van der Waals surface area contributed by atoms with Crippen molar-refractivity contribution in [3.8, 4) is 0 Å². The minimum atomic E-state index is -0.415. The van der Waals surface area contributed by atoms with E-state index in [9.17, 15) is 9.90 Å². The highest BCUT2D eigenvalue weighted by atomic mass is 16.3. The van der Waals surface area contributed by atoms with E-state index in [-0.39, 0.29) is 18.0 Å². The van der Waals surface area contributed by atoms with Gasteiger partial charge in [0.15, 0.2) is 0 Å². The van der Waals surface area contributed by atoms with Crippen LogP contribution in [0.25, 0.3) is 0 Å². The monoisotopic (exact) mass is 235 g/mol. The summed E-state index contributed by atoms with van der Waals surface area (Å²) in [7, 11) is 0. The first-order valence-corrected chi connectivity index (χ1v) is 5.78. The molecule has 5 heteroatoms. The molecule has 3 atom stereocenters. The topological polar surface area (TPSA) is 74.2 Å². The number of hydrogen-bond acceptors (Lipinski definition) is 4. The van der Waals surface area contributed by atoms with Gasteiger partial charge in [-0.25, -0.2) is 0 Å². The van der Waals surface area contributed by atoms with Crippen LogP contribution in [0.1, 0.15) is 24.9 Å². The molecule has 17 heavy (non-hydrogen) atoms. The number of carbonyl (C=O) groups excluding carboxylic acids is 1. The minimum absolute atomic E-state index is 0.0509. The molecular weight excluding hydrogens is 218 g/mol. The van der Waals surface area contributed by atoms with Crippen molar-refractivity contribution in [1.29, 1.82) is 0 Å². The number of hydrogen-bond donors (Lipinski definition) is 3. The molecule has 1 amide bonds. The molecule has 1 aromatic heterocycles. The molecule has 0 bridgehead atoms. The second-order valence-corrected chi connectivity index (χ2v) is 4.36. The smallest absolute Gasteiger partial charge is 0.237 e. The Kier molecular flexibility index (Phi) is 3.71. The number of aliphatic hydroxyl groups is 1. The van der Waals surface area contributed by atoms with Crippen LogP contribution in [0.15, 0.2) is 24.5 Å². The second-order valence-electron chi connectivity index (χ2n) is 4.36. The first-order chi connectivity index (χ1) is 8.16. The van der Waals surface area contributed by atoms with E-state index in [0.29, 0.717) is 13.0 Å². The van der Waals surface area contributed by atoms with Crippen LogP contribution in [0.3, 0.4) is 0 Å². The zero-order valence-corrected chi connectivity index (χ0v) is 9.76. The number of aromatic nitrogens is 1. The van der Waals surface area contributed by atoms with Crippen LogP contribution in [-0.2, 0) is 4.79 Å². The Bertz CT molecular complexity index is 383. The Morgan fingerprint density at radius 1 is 1.59 bits per heavy atom. The van der Waals surface area contributed by atoms with Gasteiger partial charge in [-0.3, -0.25) is 9.78 Å². The summed E-state index contributed by atoms with van der Waals surface area (Å²) in [5, 5.41) is 15.3. The maximum atomic E-state index is 11.9. The number of amides is 1. The largest absolute Gasteiger partial charge is 0.392 e. The Labute approximate surface area is 100 Å². The van der Waals surface area contributed by atoms with Gasteiger partial charge in [-0.1, -0.05) is 0 Å². The molecule has 2 rings (SSSR count). The van der Waals surface area contributed by atoms with Gasteiger partial charge >= 0.3 is 0 Å². The molecule has 1 aliphatic rings. The van der Waals surface area contributed by atoms with E-state index >= 15 is 0 Å². The quantitative estimate of drug-likeness (QED) is 0.688. The summed E-state index contributed by atoms with van der Waals surface area (Å²) in [6.45, 7) is 2.42. The SMILES string of the molecule is C[C@@H](NC(=O)C1CC(O)CN1)c1ccncc1. The number of carbonyl (C=O) groups is 1. The van der Waals surface area contributed by atoms with Crippen molar-refractivity contribution in [2.45, 2.75) is 31.5 Å². The average Bonchev–Trinajstić information content (AvgIpc) is 2.77. The van der Waals surface area contributed by atoms with Gasteiger partial charge < -0.3 is 15.7 Å². The zero-order valence-electron chi connectivity index (χ0n) is 9.76. The fourth-order valence-corrected chi connectivity index (χ4v) is 1.97. The molecule has 0 saturated carbocycles. The van der Waals surface area contributed by atoms with Crippen LogP contribution in [0.5, 0.6) is 0 Å². The highest BCUT2D eigenvalue weighted by molar-refractivity contribution is 5.82. The second kappa shape index (κ2) is 5.25. The molecule has 0 radical (unpaired) electrons. The van der Waals surface area contributed by atoms with E-state index in [2.05, 4.69) is 15.6 Å². The lowest BCUT2D eigenvalue weighted by atomic mass is 10.1. The molecule has 1 fully saturated rings. The molecule has 3 N–H and O–H groups in total. The molecular formula is C12H17N3O2. The molecule has 0 aliphatic carbocycles.